The first kappa shape index (κ1) is 10.7. The molecule has 0 aliphatic heterocycles. The lowest BCUT2D eigenvalue weighted by Gasteiger charge is -2.16. The number of allylic oxidation sites excluding steroid dienone is 7. The maximum absolute atomic E-state index is 10.4. The highest BCUT2D eigenvalue weighted by Gasteiger charge is 2.10. The van der Waals surface area contributed by atoms with Crippen molar-refractivity contribution in [3.8, 4) is 0 Å². The molecule has 1 nitrogen and oxygen atoms in total. The first-order valence-corrected chi connectivity index (χ1v) is 4.91. The van der Waals surface area contributed by atoms with Gasteiger partial charge in [-0.2, -0.15) is 0 Å². The molecular weight excluding hydrogens is 172 g/mol. The fourth-order valence-electron chi connectivity index (χ4n) is 1.51. The third-order valence-corrected chi connectivity index (χ3v) is 2.40. The van der Waals surface area contributed by atoms with Crippen LogP contribution in [0.4, 0.5) is 0 Å². The van der Waals surface area contributed by atoms with Crippen LogP contribution in [0.15, 0.2) is 48.1 Å². The van der Waals surface area contributed by atoms with Gasteiger partial charge in [-0.25, -0.2) is 0 Å². The second kappa shape index (κ2) is 5.38. The summed E-state index contributed by atoms with van der Waals surface area (Å²) >= 11 is 0. The van der Waals surface area contributed by atoms with Crippen molar-refractivity contribution >= 4 is 6.29 Å². The first-order valence-electron chi connectivity index (χ1n) is 4.91. The fraction of sp³-hybridized carbons (Fsp3) is 0.308. The Morgan fingerprint density at radius 1 is 1.64 bits per heavy atom. The summed E-state index contributed by atoms with van der Waals surface area (Å²) in [5, 5.41) is 0. The Balaban J connectivity index is 2.78. The zero-order valence-electron chi connectivity index (χ0n) is 8.57. The number of carbonyl (C=O) groups excluding carboxylic acids is 1. The van der Waals surface area contributed by atoms with Gasteiger partial charge in [0, 0.05) is 6.42 Å². The van der Waals surface area contributed by atoms with Gasteiger partial charge < -0.3 is 4.79 Å². The standard InChI is InChI=1S/C13H16O/c1-3-4-5-13-10-12(8-9-14)7-6-11(13)2/h3-5,7,9-11H,1,6,8H2,2H3/b5-4-. The van der Waals surface area contributed by atoms with Gasteiger partial charge in [0.15, 0.2) is 0 Å². The van der Waals surface area contributed by atoms with Crippen molar-refractivity contribution in [1.82, 2.24) is 0 Å². The molecule has 0 heterocycles. The Kier molecular flexibility index (Phi) is 4.11. The lowest BCUT2D eigenvalue weighted by molar-refractivity contribution is -0.107. The Labute approximate surface area is 85.5 Å². The van der Waals surface area contributed by atoms with Crippen molar-refractivity contribution in [2.24, 2.45) is 5.92 Å². The van der Waals surface area contributed by atoms with E-state index >= 15 is 0 Å². The molecule has 14 heavy (non-hydrogen) atoms. The van der Waals surface area contributed by atoms with Crippen molar-refractivity contribution in [1.29, 1.82) is 0 Å². The molecule has 74 valence electrons. The van der Waals surface area contributed by atoms with Crippen molar-refractivity contribution in [2.75, 3.05) is 0 Å². The summed E-state index contributed by atoms with van der Waals surface area (Å²) in [7, 11) is 0. The van der Waals surface area contributed by atoms with Gasteiger partial charge in [-0.05, 0) is 23.5 Å². The molecule has 0 amide bonds. The van der Waals surface area contributed by atoms with E-state index in [0.717, 1.165) is 18.3 Å². The molecule has 0 spiro atoms. The van der Waals surface area contributed by atoms with Crippen LogP contribution in [-0.2, 0) is 4.79 Å². The molecule has 1 aliphatic carbocycles. The highest BCUT2D eigenvalue weighted by atomic mass is 16.1. The van der Waals surface area contributed by atoms with Crippen LogP contribution in [-0.4, -0.2) is 6.29 Å². The molecule has 0 radical (unpaired) electrons. The van der Waals surface area contributed by atoms with E-state index in [1.807, 2.05) is 6.08 Å². The summed E-state index contributed by atoms with van der Waals surface area (Å²) in [6.07, 6.45) is 12.5. The Morgan fingerprint density at radius 2 is 2.43 bits per heavy atom. The summed E-state index contributed by atoms with van der Waals surface area (Å²) in [4.78, 5) is 10.4. The summed E-state index contributed by atoms with van der Waals surface area (Å²) in [5.41, 5.74) is 2.41. The molecule has 0 fully saturated rings. The van der Waals surface area contributed by atoms with Crippen molar-refractivity contribution in [3.63, 3.8) is 0 Å². The molecule has 1 heteroatoms. The maximum atomic E-state index is 10.4. The zero-order chi connectivity index (χ0) is 10.4. The van der Waals surface area contributed by atoms with Gasteiger partial charge in [0.25, 0.3) is 0 Å². The average Bonchev–Trinajstić information content (AvgIpc) is 2.19. The fourth-order valence-corrected chi connectivity index (χ4v) is 1.51. The van der Waals surface area contributed by atoms with E-state index < -0.39 is 0 Å². The van der Waals surface area contributed by atoms with Crippen LogP contribution in [0.2, 0.25) is 0 Å². The van der Waals surface area contributed by atoms with E-state index in [2.05, 4.69) is 31.7 Å². The van der Waals surface area contributed by atoms with Crippen LogP contribution in [0.5, 0.6) is 0 Å². The van der Waals surface area contributed by atoms with Gasteiger partial charge >= 0.3 is 0 Å². The van der Waals surface area contributed by atoms with E-state index in [1.54, 1.807) is 6.08 Å². The number of hydrogen-bond donors (Lipinski definition) is 0. The predicted octanol–water partition coefficient (Wildman–Crippen LogP) is 3.21. The van der Waals surface area contributed by atoms with Crippen LogP contribution in [0.3, 0.4) is 0 Å². The van der Waals surface area contributed by atoms with E-state index in [-0.39, 0.29) is 0 Å². The van der Waals surface area contributed by atoms with Crippen LogP contribution in [0.25, 0.3) is 0 Å². The van der Waals surface area contributed by atoms with Crippen LogP contribution in [0, 0.1) is 5.92 Å². The molecule has 1 rings (SSSR count). The number of rotatable bonds is 4. The summed E-state index contributed by atoms with van der Waals surface area (Å²) in [6, 6.07) is 0. The highest BCUT2D eigenvalue weighted by molar-refractivity contribution is 5.57. The molecule has 1 atom stereocenters. The second-order valence-electron chi connectivity index (χ2n) is 3.53. The zero-order valence-corrected chi connectivity index (χ0v) is 8.57. The third-order valence-electron chi connectivity index (χ3n) is 2.40. The largest absolute Gasteiger partial charge is 0.303 e. The van der Waals surface area contributed by atoms with E-state index in [0.29, 0.717) is 12.3 Å². The van der Waals surface area contributed by atoms with E-state index in [4.69, 9.17) is 0 Å². The molecular formula is C13H16O. The van der Waals surface area contributed by atoms with Gasteiger partial charge in [-0.15, -0.1) is 0 Å². The Hall–Kier alpha value is -1.37. The first-order chi connectivity index (χ1) is 6.77. The molecule has 0 saturated carbocycles. The number of hydrogen-bond acceptors (Lipinski definition) is 1. The van der Waals surface area contributed by atoms with Crippen LogP contribution in [0.1, 0.15) is 19.8 Å². The minimum Gasteiger partial charge on any atom is -0.303 e. The van der Waals surface area contributed by atoms with Crippen LogP contribution < -0.4 is 0 Å². The number of aldehydes is 1. The Bertz CT molecular complexity index is 305. The molecule has 0 aromatic carbocycles. The molecule has 0 aromatic rings. The van der Waals surface area contributed by atoms with Crippen molar-refractivity contribution in [3.05, 3.63) is 48.1 Å². The van der Waals surface area contributed by atoms with Gasteiger partial charge in [0.1, 0.15) is 6.29 Å². The molecule has 0 saturated heterocycles. The molecule has 1 unspecified atom stereocenters. The Morgan fingerprint density at radius 3 is 3.07 bits per heavy atom. The van der Waals surface area contributed by atoms with E-state index in [1.165, 1.54) is 5.57 Å². The molecule has 0 N–H and O–H groups in total. The monoisotopic (exact) mass is 188 g/mol. The summed E-state index contributed by atoms with van der Waals surface area (Å²) < 4.78 is 0. The quantitative estimate of drug-likeness (QED) is 0.489. The summed E-state index contributed by atoms with van der Waals surface area (Å²) in [6.45, 7) is 5.83. The second-order valence-corrected chi connectivity index (χ2v) is 3.53. The van der Waals surface area contributed by atoms with Crippen molar-refractivity contribution in [2.45, 2.75) is 19.8 Å². The summed E-state index contributed by atoms with van der Waals surface area (Å²) in [5.74, 6) is 0.543. The van der Waals surface area contributed by atoms with Gasteiger partial charge in [0.2, 0.25) is 0 Å². The number of carbonyl (C=O) groups is 1. The predicted molar refractivity (Wildman–Crippen MR) is 60.0 cm³/mol. The van der Waals surface area contributed by atoms with Gasteiger partial charge in [0.05, 0.1) is 0 Å². The van der Waals surface area contributed by atoms with Gasteiger partial charge in [-0.1, -0.05) is 43.9 Å². The average molecular weight is 188 g/mol. The molecule has 0 aromatic heterocycles. The normalized spacial score (nSPS) is 21.6. The van der Waals surface area contributed by atoms with Crippen molar-refractivity contribution < 1.29 is 4.79 Å². The third kappa shape index (κ3) is 2.84. The molecule has 0 bridgehead atoms. The van der Waals surface area contributed by atoms with Gasteiger partial charge in [-0.3, -0.25) is 0 Å². The highest BCUT2D eigenvalue weighted by Crippen LogP contribution is 2.25. The topological polar surface area (TPSA) is 17.1 Å². The lowest BCUT2D eigenvalue weighted by Crippen LogP contribution is -2.02. The SMILES string of the molecule is C=C/C=C\C1=CC(CC=O)=CCC1C. The lowest BCUT2D eigenvalue weighted by atomic mass is 9.89. The molecule has 1 aliphatic rings. The smallest absolute Gasteiger partial charge is 0.124 e. The minimum atomic E-state index is 0.526. The van der Waals surface area contributed by atoms with E-state index in [9.17, 15) is 4.79 Å². The minimum absolute atomic E-state index is 0.526. The van der Waals surface area contributed by atoms with Crippen LogP contribution >= 0.6 is 0 Å². The maximum Gasteiger partial charge on any atom is 0.124 e.